The lowest BCUT2D eigenvalue weighted by molar-refractivity contribution is 0.566. The van der Waals surface area contributed by atoms with Gasteiger partial charge in [-0.05, 0) is 13.0 Å². The Kier molecular flexibility index (Phi) is 2.74. The maximum atomic E-state index is 9.88. The number of hydrogen-bond acceptors (Lipinski definition) is 3. The molecule has 1 rings (SSSR count). The maximum absolute atomic E-state index is 9.88. The molecule has 0 amide bonds. The number of rotatable bonds is 3. The Morgan fingerprint density at radius 1 is 1.78 bits per heavy atom. The lowest BCUT2D eigenvalue weighted by atomic mass is 9.96. The van der Waals surface area contributed by atoms with Gasteiger partial charge in [0, 0.05) is 12.6 Å². The van der Waals surface area contributed by atoms with Crippen LogP contribution in [0.15, 0.2) is 0 Å². The van der Waals surface area contributed by atoms with Crippen LogP contribution in [-0.4, -0.2) is 32.7 Å². The van der Waals surface area contributed by atoms with E-state index in [1.54, 1.807) is 0 Å². The van der Waals surface area contributed by atoms with E-state index < -0.39 is 0 Å². The van der Waals surface area contributed by atoms with E-state index in [0.717, 1.165) is 25.7 Å². The van der Waals surface area contributed by atoms with Crippen molar-refractivity contribution in [3.63, 3.8) is 0 Å². The zero-order valence-corrected chi connectivity index (χ0v) is 5.39. The van der Waals surface area contributed by atoms with Crippen LogP contribution in [0.3, 0.4) is 0 Å². The Morgan fingerprint density at radius 3 is 3.22 bits per heavy atom. The molecule has 1 fully saturated rings. The summed E-state index contributed by atoms with van der Waals surface area (Å²) in [5, 5.41) is 6.30. The van der Waals surface area contributed by atoms with Gasteiger partial charge in [-0.3, -0.25) is 0 Å². The molecule has 0 spiro atoms. The molecule has 3 nitrogen and oxygen atoms in total. The van der Waals surface area contributed by atoms with Crippen LogP contribution in [0.25, 0.3) is 0 Å². The molecule has 0 aromatic carbocycles. The van der Waals surface area contributed by atoms with E-state index in [4.69, 9.17) is 0 Å². The van der Waals surface area contributed by atoms with Crippen LogP contribution >= 0.6 is 0 Å². The molecule has 1 saturated heterocycles. The maximum Gasteiger partial charge on any atom is 0.278 e. The molecule has 0 aliphatic carbocycles. The Morgan fingerprint density at radius 2 is 2.67 bits per heavy atom. The first kappa shape index (κ1) is 6.77. The monoisotopic (exact) mass is 126 g/mol. The molecule has 0 aromatic rings. The molecule has 1 atom stereocenters. The highest BCUT2D eigenvalue weighted by Gasteiger charge is 2.12. The summed E-state index contributed by atoms with van der Waals surface area (Å²) >= 11 is 0. The second kappa shape index (κ2) is 3.64. The highest BCUT2D eigenvalue weighted by molar-refractivity contribution is 6.64. The normalized spacial score (nSPS) is 26.0. The first-order valence-electron chi connectivity index (χ1n) is 3.31. The van der Waals surface area contributed by atoms with Crippen molar-refractivity contribution in [1.82, 2.24) is 10.5 Å². The quantitative estimate of drug-likeness (QED) is 0.356. The van der Waals surface area contributed by atoms with Gasteiger partial charge in [-0.2, -0.15) is 0 Å². The van der Waals surface area contributed by atoms with Gasteiger partial charge in [0.05, 0.1) is 6.19 Å². The molecule has 9 heavy (non-hydrogen) atoms. The van der Waals surface area contributed by atoms with E-state index in [9.17, 15) is 4.79 Å². The van der Waals surface area contributed by atoms with Crippen molar-refractivity contribution in [3.8, 4) is 0 Å². The van der Waals surface area contributed by atoms with E-state index >= 15 is 0 Å². The lowest BCUT2D eigenvalue weighted by Crippen LogP contribution is -2.34. The summed E-state index contributed by atoms with van der Waals surface area (Å²) in [5.74, 6) is 0. The molecule has 1 heterocycles. The fourth-order valence-electron chi connectivity index (χ4n) is 1.04. The second-order valence-corrected chi connectivity index (χ2v) is 2.26. The minimum atomic E-state index is 0.492. The summed E-state index contributed by atoms with van der Waals surface area (Å²) in [6.45, 7) is 2.09. The predicted molar refractivity (Wildman–Crippen MR) is 38.3 cm³/mol. The Labute approximate surface area is 55.5 Å². The standard InChI is InChI=1S/C5H11BN2O/c9-4-6-8-5-1-2-7-3-5/h4-8H,1-3H2/t5-/m1/s1. The Bertz CT molecular complexity index is 93.0. The highest BCUT2D eigenvalue weighted by Crippen LogP contribution is 1.94. The van der Waals surface area contributed by atoms with Crippen molar-refractivity contribution in [1.29, 1.82) is 0 Å². The topological polar surface area (TPSA) is 41.1 Å². The summed E-state index contributed by atoms with van der Waals surface area (Å²) < 4.78 is 0. The van der Waals surface area contributed by atoms with Crippen molar-refractivity contribution in [3.05, 3.63) is 0 Å². The molecule has 0 unspecified atom stereocenters. The molecule has 0 aromatic heterocycles. The number of carbonyl (C=O) groups is 1. The Balaban J connectivity index is 2.04. The first-order valence-corrected chi connectivity index (χ1v) is 3.31. The van der Waals surface area contributed by atoms with E-state index in [-0.39, 0.29) is 0 Å². The predicted octanol–water partition coefficient (Wildman–Crippen LogP) is -1.52. The van der Waals surface area contributed by atoms with E-state index in [1.165, 1.54) is 0 Å². The van der Waals surface area contributed by atoms with Gasteiger partial charge in [0.2, 0.25) is 0 Å². The average Bonchev–Trinajstić information content (AvgIpc) is 2.34. The van der Waals surface area contributed by atoms with Crippen LogP contribution in [-0.2, 0) is 4.79 Å². The first-order chi connectivity index (χ1) is 4.43. The van der Waals surface area contributed by atoms with Crippen LogP contribution < -0.4 is 10.5 Å². The summed E-state index contributed by atoms with van der Waals surface area (Å²) in [6.07, 6.45) is 2.05. The van der Waals surface area contributed by atoms with Crippen molar-refractivity contribution in [2.24, 2.45) is 0 Å². The van der Waals surface area contributed by atoms with Crippen LogP contribution in [0.4, 0.5) is 0 Å². The zero-order chi connectivity index (χ0) is 6.53. The number of nitrogens with one attached hydrogen (secondary N) is 2. The summed E-state index contributed by atoms with van der Waals surface area (Å²) in [7, 11) is 0.492. The largest absolute Gasteiger partial charge is 0.349 e. The van der Waals surface area contributed by atoms with Gasteiger partial charge >= 0.3 is 0 Å². The molecule has 1 aliphatic heterocycles. The fourth-order valence-corrected chi connectivity index (χ4v) is 1.04. The van der Waals surface area contributed by atoms with Gasteiger partial charge < -0.3 is 15.3 Å². The van der Waals surface area contributed by atoms with E-state index in [1.807, 2.05) is 0 Å². The number of hydrogen-bond donors (Lipinski definition) is 2. The average molecular weight is 126 g/mol. The van der Waals surface area contributed by atoms with Gasteiger partial charge in [0.1, 0.15) is 0 Å². The van der Waals surface area contributed by atoms with Gasteiger partial charge in [0.15, 0.2) is 0 Å². The molecule has 0 bridgehead atoms. The van der Waals surface area contributed by atoms with Crippen LogP contribution in [0.2, 0.25) is 0 Å². The molecule has 1 aliphatic rings. The van der Waals surface area contributed by atoms with Crippen LogP contribution in [0.1, 0.15) is 6.42 Å². The minimum absolute atomic E-state index is 0.492. The molecule has 2 N–H and O–H groups in total. The van der Waals surface area contributed by atoms with Crippen LogP contribution in [0.5, 0.6) is 0 Å². The number of carbonyl (C=O) groups excluding carboxylic acids is 1. The highest BCUT2D eigenvalue weighted by atomic mass is 16.1. The van der Waals surface area contributed by atoms with Crippen molar-refractivity contribution in [2.45, 2.75) is 12.5 Å². The van der Waals surface area contributed by atoms with Gasteiger partial charge in [0.25, 0.3) is 7.41 Å². The third kappa shape index (κ3) is 2.16. The molecule has 0 radical (unpaired) electrons. The van der Waals surface area contributed by atoms with Gasteiger partial charge in [-0.25, -0.2) is 0 Å². The van der Waals surface area contributed by atoms with Crippen molar-refractivity contribution in [2.75, 3.05) is 13.1 Å². The SMILES string of the molecule is O=CBN[C@@H]1CCNC1. The fraction of sp³-hybridized carbons (Fsp3) is 0.800. The molecular formula is C5H11BN2O. The zero-order valence-electron chi connectivity index (χ0n) is 5.39. The third-order valence-electron chi connectivity index (χ3n) is 1.55. The smallest absolute Gasteiger partial charge is 0.278 e. The Hall–Kier alpha value is -0.345. The lowest BCUT2D eigenvalue weighted by Gasteiger charge is -2.05. The molecule has 50 valence electrons. The van der Waals surface area contributed by atoms with E-state index in [2.05, 4.69) is 10.5 Å². The van der Waals surface area contributed by atoms with Crippen molar-refractivity contribution < 1.29 is 4.79 Å². The third-order valence-corrected chi connectivity index (χ3v) is 1.55. The summed E-state index contributed by atoms with van der Waals surface area (Å²) in [4.78, 5) is 9.88. The summed E-state index contributed by atoms with van der Waals surface area (Å²) in [6, 6.07) is 0.523. The minimum Gasteiger partial charge on any atom is -0.349 e. The molecule has 0 saturated carbocycles. The summed E-state index contributed by atoms with van der Waals surface area (Å²) in [5.41, 5.74) is 0. The van der Waals surface area contributed by atoms with E-state index in [0.29, 0.717) is 13.5 Å². The van der Waals surface area contributed by atoms with Crippen LogP contribution in [0, 0.1) is 0 Å². The van der Waals surface area contributed by atoms with Crippen molar-refractivity contribution >= 4 is 13.6 Å². The second-order valence-electron chi connectivity index (χ2n) is 2.26. The van der Waals surface area contributed by atoms with Gasteiger partial charge in [-0.1, -0.05) is 0 Å². The molecular weight excluding hydrogens is 115 g/mol. The molecule has 4 heteroatoms. The van der Waals surface area contributed by atoms with Gasteiger partial charge in [-0.15, -0.1) is 0 Å².